The number of likely N-dealkylation sites (tertiary alicyclic amines) is 1. The molecule has 2 aliphatic rings. The monoisotopic (exact) mass is 211 g/mol. The molecule has 0 aromatic carbocycles. The van der Waals surface area contributed by atoms with Crippen molar-refractivity contribution < 1.29 is 4.79 Å². The molecule has 88 valence electrons. The van der Waals surface area contributed by atoms with Gasteiger partial charge in [-0.25, -0.2) is 0 Å². The van der Waals surface area contributed by atoms with Crippen molar-refractivity contribution in [3.8, 4) is 0 Å². The van der Waals surface area contributed by atoms with Crippen molar-refractivity contribution in [1.82, 2.24) is 4.90 Å². The molecule has 1 atom stereocenters. The molecule has 0 aromatic rings. The Balaban J connectivity index is 0.000000531. The lowest BCUT2D eigenvalue weighted by molar-refractivity contribution is -0.123. The molecule has 15 heavy (non-hydrogen) atoms. The van der Waals surface area contributed by atoms with Gasteiger partial charge in [-0.05, 0) is 51.6 Å². The molecule has 2 nitrogen and oxygen atoms in total. The van der Waals surface area contributed by atoms with Crippen LogP contribution in [0.3, 0.4) is 0 Å². The van der Waals surface area contributed by atoms with Crippen LogP contribution in [-0.2, 0) is 4.79 Å². The maximum atomic E-state index is 11.5. The fraction of sp³-hybridized carbons (Fsp3) is 0.923. The number of piperidine rings is 1. The van der Waals surface area contributed by atoms with Crippen LogP contribution in [0.2, 0.25) is 0 Å². The first-order valence-electron chi connectivity index (χ1n) is 6.53. The molecule has 0 amide bonds. The maximum absolute atomic E-state index is 11.5. The van der Waals surface area contributed by atoms with Gasteiger partial charge in [0.05, 0.1) is 6.04 Å². The van der Waals surface area contributed by atoms with E-state index in [0.29, 0.717) is 11.7 Å². The topological polar surface area (TPSA) is 20.3 Å². The van der Waals surface area contributed by atoms with E-state index in [1.165, 1.54) is 32.1 Å². The first-order chi connectivity index (χ1) is 7.29. The van der Waals surface area contributed by atoms with Crippen LogP contribution in [0, 0.1) is 5.92 Å². The summed E-state index contributed by atoms with van der Waals surface area (Å²) in [6.07, 6.45) is 6.49. The molecule has 0 aromatic heterocycles. The minimum absolute atomic E-state index is 0.278. The van der Waals surface area contributed by atoms with Gasteiger partial charge in [-0.15, -0.1) is 0 Å². The highest BCUT2D eigenvalue weighted by Crippen LogP contribution is 2.36. The molecular weight excluding hydrogens is 186 g/mol. The maximum Gasteiger partial charge on any atom is 0.147 e. The Morgan fingerprint density at radius 1 is 1.13 bits per heavy atom. The standard InChI is InChI=1S/C11H19NO.C2H6/c1-9(13)11(10-5-6-10)12-7-3-2-4-8-12;1-2/h10-11H,2-8H2,1H3;1-2H3. The van der Waals surface area contributed by atoms with E-state index in [-0.39, 0.29) is 6.04 Å². The molecule has 1 saturated heterocycles. The van der Waals surface area contributed by atoms with Crippen LogP contribution in [0.4, 0.5) is 0 Å². The third kappa shape index (κ3) is 3.60. The van der Waals surface area contributed by atoms with Crippen LogP contribution >= 0.6 is 0 Å². The summed E-state index contributed by atoms with van der Waals surface area (Å²) >= 11 is 0. The number of Topliss-reactive ketones (excluding diaryl/α,β-unsaturated/α-hetero) is 1. The number of carbonyl (C=O) groups is 1. The summed E-state index contributed by atoms with van der Waals surface area (Å²) < 4.78 is 0. The van der Waals surface area contributed by atoms with Crippen molar-refractivity contribution in [2.24, 2.45) is 5.92 Å². The average Bonchev–Trinajstić information content (AvgIpc) is 3.07. The Hall–Kier alpha value is -0.370. The summed E-state index contributed by atoms with van der Waals surface area (Å²) in [6, 6.07) is 0.278. The van der Waals surface area contributed by atoms with Gasteiger partial charge in [0.15, 0.2) is 0 Å². The van der Waals surface area contributed by atoms with Gasteiger partial charge in [-0.3, -0.25) is 9.69 Å². The Bertz CT molecular complexity index is 193. The summed E-state index contributed by atoms with van der Waals surface area (Å²) in [5.74, 6) is 1.10. The van der Waals surface area contributed by atoms with Gasteiger partial charge in [0.25, 0.3) is 0 Å². The van der Waals surface area contributed by atoms with Crippen molar-refractivity contribution in [3.05, 3.63) is 0 Å². The lowest BCUT2D eigenvalue weighted by Crippen LogP contribution is -2.44. The van der Waals surface area contributed by atoms with Gasteiger partial charge in [-0.2, -0.15) is 0 Å². The highest BCUT2D eigenvalue weighted by Gasteiger charge is 2.38. The zero-order chi connectivity index (χ0) is 11.3. The zero-order valence-electron chi connectivity index (χ0n) is 10.5. The molecule has 1 aliphatic carbocycles. The summed E-state index contributed by atoms with van der Waals surface area (Å²) in [5, 5.41) is 0. The summed E-state index contributed by atoms with van der Waals surface area (Å²) in [4.78, 5) is 13.9. The van der Waals surface area contributed by atoms with Crippen molar-refractivity contribution in [2.45, 2.75) is 58.9 Å². The van der Waals surface area contributed by atoms with Crippen LogP contribution in [0.15, 0.2) is 0 Å². The second kappa shape index (κ2) is 6.26. The number of rotatable bonds is 3. The molecule has 0 bridgehead atoms. The van der Waals surface area contributed by atoms with Gasteiger partial charge in [-0.1, -0.05) is 20.3 Å². The summed E-state index contributed by atoms with van der Waals surface area (Å²) in [5.41, 5.74) is 0. The Labute approximate surface area is 94.0 Å². The minimum atomic E-state index is 0.278. The van der Waals surface area contributed by atoms with E-state index in [0.717, 1.165) is 13.1 Å². The van der Waals surface area contributed by atoms with E-state index in [4.69, 9.17) is 0 Å². The molecule has 0 spiro atoms. The van der Waals surface area contributed by atoms with Crippen LogP contribution in [-0.4, -0.2) is 29.8 Å². The summed E-state index contributed by atoms with van der Waals surface area (Å²) in [7, 11) is 0. The zero-order valence-corrected chi connectivity index (χ0v) is 10.5. The van der Waals surface area contributed by atoms with E-state index in [2.05, 4.69) is 4.90 Å². The average molecular weight is 211 g/mol. The van der Waals surface area contributed by atoms with Crippen molar-refractivity contribution in [2.75, 3.05) is 13.1 Å². The predicted octanol–water partition coefficient (Wildman–Crippen LogP) is 2.87. The lowest BCUT2D eigenvalue weighted by Gasteiger charge is -2.33. The number of hydrogen-bond acceptors (Lipinski definition) is 2. The number of hydrogen-bond donors (Lipinski definition) is 0. The molecule has 1 heterocycles. The lowest BCUT2D eigenvalue weighted by atomic mass is 10.0. The fourth-order valence-corrected chi connectivity index (χ4v) is 2.50. The van der Waals surface area contributed by atoms with Crippen molar-refractivity contribution >= 4 is 5.78 Å². The van der Waals surface area contributed by atoms with Crippen molar-refractivity contribution in [3.63, 3.8) is 0 Å². The number of carbonyl (C=O) groups excluding carboxylic acids is 1. The second-order valence-corrected chi connectivity index (χ2v) is 4.49. The number of ketones is 1. The van der Waals surface area contributed by atoms with Gasteiger partial charge >= 0.3 is 0 Å². The second-order valence-electron chi connectivity index (χ2n) is 4.49. The highest BCUT2D eigenvalue weighted by molar-refractivity contribution is 5.82. The van der Waals surface area contributed by atoms with E-state index in [1.54, 1.807) is 6.92 Å². The normalized spacial score (nSPS) is 23.9. The van der Waals surface area contributed by atoms with Gasteiger partial charge in [0, 0.05) is 0 Å². The van der Waals surface area contributed by atoms with Crippen LogP contribution in [0.1, 0.15) is 52.9 Å². The molecule has 2 fully saturated rings. The predicted molar refractivity (Wildman–Crippen MR) is 64.0 cm³/mol. The molecule has 2 rings (SSSR count). The van der Waals surface area contributed by atoms with Crippen LogP contribution in [0.5, 0.6) is 0 Å². The SMILES string of the molecule is CC.CC(=O)C(C1CC1)N1CCCCC1. The van der Waals surface area contributed by atoms with Crippen LogP contribution < -0.4 is 0 Å². The quantitative estimate of drug-likeness (QED) is 0.715. The third-order valence-corrected chi connectivity index (χ3v) is 3.27. The van der Waals surface area contributed by atoms with Gasteiger partial charge < -0.3 is 0 Å². The van der Waals surface area contributed by atoms with Gasteiger partial charge in [0.2, 0.25) is 0 Å². The van der Waals surface area contributed by atoms with Crippen molar-refractivity contribution in [1.29, 1.82) is 0 Å². The molecule has 0 radical (unpaired) electrons. The largest absolute Gasteiger partial charge is 0.298 e. The molecule has 0 N–H and O–H groups in total. The van der Waals surface area contributed by atoms with E-state index in [9.17, 15) is 4.79 Å². The molecule has 1 saturated carbocycles. The van der Waals surface area contributed by atoms with Crippen LogP contribution in [0.25, 0.3) is 0 Å². The Morgan fingerprint density at radius 3 is 2.07 bits per heavy atom. The first-order valence-corrected chi connectivity index (χ1v) is 6.53. The van der Waals surface area contributed by atoms with E-state index < -0.39 is 0 Å². The minimum Gasteiger partial charge on any atom is -0.298 e. The molecule has 1 aliphatic heterocycles. The van der Waals surface area contributed by atoms with E-state index >= 15 is 0 Å². The smallest absolute Gasteiger partial charge is 0.147 e. The molecule has 2 heteroatoms. The molecule has 1 unspecified atom stereocenters. The highest BCUT2D eigenvalue weighted by atomic mass is 16.1. The van der Waals surface area contributed by atoms with E-state index in [1.807, 2.05) is 13.8 Å². The van der Waals surface area contributed by atoms with Gasteiger partial charge in [0.1, 0.15) is 5.78 Å². The molecular formula is C13H25NO. The Morgan fingerprint density at radius 2 is 1.67 bits per heavy atom. The number of nitrogens with zero attached hydrogens (tertiary/aromatic N) is 1. The third-order valence-electron chi connectivity index (χ3n) is 3.27. The fourth-order valence-electron chi connectivity index (χ4n) is 2.50. The Kier molecular flexibility index (Phi) is 5.30. The summed E-state index contributed by atoms with van der Waals surface area (Å²) in [6.45, 7) is 8.07. The first kappa shape index (κ1) is 12.7.